The minimum atomic E-state index is -0.185. The normalized spacial score (nSPS) is 19.0. The molecule has 2 atom stereocenters. The van der Waals surface area contributed by atoms with Crippen LogP contribution in [0, 0.1) is 11.8 Å². The molecule has 2 aliphatic heterocycles. The van der Waals surface area contributed by atoms with Crippen molar-refractivity contribution in [2.24, 2.45) is 11.8 Å². The number of allylic oxidation sites excluding steroid dienone is 4. The lowest BCUT2D eigenvalue weighted by molar-refractivity contribution is 0.477. The third-order valence-electron chi connectivity index (χ3n) is 20.2. The highest BCUT2D eigenvalue weighted by atomic mass is 16.5. The lowest BCUT2D eigenvalue weighted by Crippen LogP contribution is -2.25. The summed E-state index contributed by atoms with van der Waals surface area (Å²) in [4.78, 5) is 4.81. The topological polar surface area (TPSA) is 24.9 Å². The first-order valence-electron chi connectivity index (χ1n) is 29.8. The monoisotopic (exact) mass is 1070 g/mol. The largest absolute Gasteiger partial charge is 0.453 e. The molecule has 0 N–H and O–H groups in total. The number of benzene rings is 12. The lowest BCUT2D eigenvalue weighted by Gasteiger charge is -2.34. The summed E-state index contributed by atoms with van der Waals surface area (Å²) in [6.45, 7) is 0. The van der Waals surface area contributed by atoms with E-state index in [1.807, 2.05) is 0 Å². The fourth-order valence-electron chi connectivity index (χ4n) is 16.8. The lowest BCUT2D eigenvalue weighted by atomic mass is 9.74. The van der Waals surface area contributed by atoms with E-state index in [9.17, 15) is 0 Å². The number of hydrogen-bond donors (Lipinski definition) is 0. The summed E-state index contributed by atoms with van der Waals surface area (Å²) in [7, 11) is 0. The Morgan fingerprint density at radius 3 is 1.17 bits per heavy atom. The van der Waals surface area contributed by atoms with Gasteiger partial charge in [0.15, 0.2) is 23.0 Å². The maximum Gasteiger partial charge on any atom is 0.151 e. The predicted octanol–water partition coefficient (Wildman–Crippen LogP) is 21.0. The van der Waals surface area contributed by atoms with Gasteiger partial charge in [0.2, 0.25) is 0 Å². The molecule has 0 bridgehead atoms. The number of para-hydroxylation sites is 8. The molecule has 19 rings (SSSR count). The molecule has 1 saturated carbocycles. The molecule has 7 aliphatic rings. The highest BCUT2D eigenvalue weighted by Gasteiger charge is 2.52. The number of ether oxygens (including phenoxy) is 2. The summed E-state index contributed by atoms with van der Waals surface area (Å²) in [5, 5.41) is 4.81. The van der Waals surface area contributed by atoms with E-state index in [2.05, 4.69) is 277 Å². The minimum Gasteiger partial charge on any atom is -0.453 e. The van der Waals surface area contributed by atoms with Gasteiger partial charge in [0.05, 0.1) is 22.7 Å². The van der Waals surface area contributed by atoms with E-state index in [-0.39, 0.29) is 10.8 Å². The van der Waals surface area contributed by atoms with Crippen molar-refractivity contribution in [2.45, 2.75) is 36.5 Å². The summed E-state index contributed by atoms with van der Waals surface area (Å²) in [6, 6.07) is 91.1. The van der Waals surface area contributed by atoms with Crippen molar-refractivity contribution in [3.8, 4) is 67.5 Å². The Balaban J connectivity index is 0.919. The Hall–Kier alpha value is -10.2. The summed E-state index contributed by atoms with van der Waals surface area (Å²) >= 11 is 0. The van der Waals surface area contributed by atoms with Gasteiger partial charge >= 0.3 is 0 Å². The van der Waals surface area contributed by atoms with E-state index in [0.717, 1.165) is 82.8 Å². The van der Waals surface area contributed by atoms with Crippen LogP contribution in [0.4, 0.5) is 34.1 Å². The van der Waals surface area contributed by atoms with Gasteiger partial charge in [-0.1, -0.05) is 182 Å². The van der Waals surface area contributed by atoms with Gasteiger partial charge in [-0.05, 0) is 222 Å². The smallest absolute Gasteiger partial charge is 0.151 e. The molecule has 0 saturated heterocycles. The van der Waals surface area contributed by atoms with Crippen LogP contribution >= 0.6 is 0 Å². The van der Waals surface area contributed by atoms with Crippen LogP contribution in [0.5, 0.6) is 23.0 Å². The zero-order chi connectivity index (χ0) is 54.8. The molecule has 84 heavy (non-hydrogen) atoms. The number of hydrogen-bond acceptors (Lipinski definition) is 4. The standard InChI is InChI=1S/C80H54N2O2/c1-2-18-52-46-79(45-51(52)17-1)65-23-7-5-21-57(65)59-37-33-49(41-67(59)79)77-61-39-35-56(82-71-27-11-15-31-75(71)84-76-32-16-12-28-72(76)82)44-64(61)78(62-40-36-55(43-63(62)77)81-69-25-9-13-29-73(69)83-74-30-14-10-26-70(74)81)50-34-38-60-58-22-6-8-24-66(58)80(68(60)42-50)47-53-19-3-4-20-54(53)48-80/h1-44,51-52H,45-48H2. The van der Waals surface area contributed by atoms with Gasteiger partial charge < -0.3 is 19.3 Å². The Morgan fingerprint density at radius 2 is 0.702 bits per heavy atom. The Morgan fingerprint density at radius 1 is 0.321 bits per heavy atom. The fourth-order valence-corrected chi connectivity index (χ4v) is 16.8. The van der Waals surface area contributed by atoms with Gasteiger partial charge in [-0.25, -0.2) is 0 Å². The zero-order valence-corrected chi connectivity index (χ0v) is 46.1. The molecule has 396 valence electrons. The van der Waals surface area contributed by atoms with E-state index in [0.29, 0.717) is 11.8 Å². The third kappa shape index (κ3) is 6.37. The van der Waals surface area contributed by atoms with Crippen LogP contribution in [-0.4, -0.2) is 0 Å². The van der Waals surface area contributed by atoms with E-state index in [1.54, 1.807) is 0 Å². The van der Waals surface area contributed by atoms with Gasteiger partial charge in [-0.2, -0.15) is 0 Å². The van der Waals surface area contributed by atoms with Crippen LogP contribution < -0.4 is 19.3 Å². The molecule has 2 unspecified atom stereocenters. The van der Waals surface area contributed by atoms with E-state index in [1.165, 1.54) is 99.4 Å². The van der Waals surface area contributed by atoms with Gasteiger partial charge in [-0.3, -0.25) is 0 Å². The first-order valence-corrected chi connectivity index (χ1v) is 29.8. The van der Waals surface area contributed by atoms with Crippen LogP contribution in [0.1, 0.15) is 46.2 Å². The van der Waals surface area contributed by atoms with Crippen LogP contribution in [0.25, 0.3) is 66.1 Å². The zero-order valence-electron chi connectivity index (χ0n) is 46.1. The van der Waals surface area contributed by atoms with Crippen molar-refractivity contribution in [1.82, 2.24) is 0 Å². The van der Waals surface area contributed by atoms with E-state index >= 15 is 0 Å². The number of rotatable bonds is 4. The molecule has 12 aromatic carbocycles. The van der Waals surface area contributed by atoms with Crippen LogP contribution in [0.2, 0.25) is 0 Å². The second kappa shape index (κ2) is 17.2. The Kier molecular flexibility index (Phi) is 9.51. The summed E-state index contributed by atoms with van der Waals surface area (Å²) in [5.41, 5.74) is 24.9. The number of nitrogens with zero attached hydrogens (tertiary/aromatic N) is 2. The molecular weight excluding hydrogens is 1020 g/mol. The Labute approximate surface area is 488 Å². The van der Waals surface area contributed by atoms with Gasteiger partial charge in [0.1, 0.15) is 0 Å². The third-order valence-corrected chi connectivity index (χ3v) is 20.2. The van der Waals surface area contributed by atoms with Crippen LogP contribution in [0.3, 0.4) is 0 Å². The Bertz CT molecular complexity index is 4790. The first kappa shape index (κ1) is 46.4. The predicted molar refractivity (Wildman–Crippen MR) is 343 cm³/mol. The molecule has 4 heteroatoms. The van der Waals surface area contributed by atoms with Crippen molar-refractivity contribution in [3.63, 3.8) is 0 Å². The summed E-state index contributed by atoms with van der Waals surface area (Å²) in [5.74, 6) is 4.32. The maximum atomic E-state index is 6.66. The first-order chi connectivity index (χ1) is 41.6. The summed E-state index contributed by atoms with van der Waals surface area (Å²) in [6.07, 6.45) is 13.6. The summed E-state index contributed by atoms with van der Waals surface area (Å²) < 4.78 is 13.3. The maximum absolute atomic E-state index is 6.66. The molecule has 12 aromatic rings. The van der Waals surface area contributed by atoms with Crippen molar-refractivity contribution in [3.05, 3.63) is 300 Å². The highest BCUT2D eigenvalue weighted by Crippen LogP contribution is 2.63. The highest BCUT2D eigenvalue weighted by molar-refractivity contribution is 6.23. The molecule has 0 aromatic heterocycles. The van der Waals surface area contributed by atoms with Crippen molar-refractivity contribution in [1.29, 1.82) is 0 Å². The molecule has 0 radical (unpaired) electrons. The molecule has 2 spiro atoms. The molecule has 4 nitrogen and oxygen atoms in total. The quantitative estimate of drug-likeness (QED) is 0.164. The average molecular weight is 1080 g/mol. The van der Waals surface area contributed by atoms with E-state index in [4.69, 9.17) is 9.47 Å². The second-order valence-corrected chi connectivity index (χ2v) is 24.4. The molecule has 0 amide bonds. The fraction of sp³-hybridized carbons (Fsp3) is 0.100. The molecule has 2 heterocycles. The molecule has 5 aliphatic carbocycles. The minimum absolute atomic E-state index is 0.115. The number of anilines is 6. The SMILES string of the molecule is C1=CC2CC3(CC2C=C1)c1ccccc1-c1ccc(-c2c4ccc(N5c6ccccc6Oc6ccccc65)cc4c(-c4ccc5c(c4)C4(Cc6ccccc6C4)c4ccccc4-5)c4ccc(N5c6ccccc6Oc6ccccc65)cc24)cc13. The molecular formula is C80H54N2O2. The van der Waals surface area contributed by atoms with Gasteiger partial charge in [-0.15, -0.1) is 0 Å². The van der Waals surface area contributed by atoms with Crippen LogP contribution in [0.15, 0.2) is 267 Å². The van der Waals surface area contributed by atoms with Gasteiger partial charge in [0.25, 0.3) is 0 Å². The average Bonchev–Trinajstić information content (AvgIpc) is 1.89. The van der Waals surface area contributed by atoms with Crippen molar-refractivity contribution >= 4 is 55.7 Å². The number of fused-ring (bicyclic) bond motifs is 18. The van der Waals surface area contributed by atoms with Crippen molar-refractivity contribution in [2.75, 3.05) is 9.80 Å². The van der Waals surface area contributed by atoms with Crippen molar-refractivity contribution < 1.29 is 9.47 Å². The van der Waals surface area contributed by atoms with Crippen LogP contribution in [-0.2, 0) is 23.7 Å². The van der Waals surface area contributed by atoms with E-state index < -0.39 is 0 Å². The molecule has 1 fully saturated rings. The van der Waals surface area contributed by atoms with Gasteiger partial charge in [0, 0.05) is 22.2 Å². The second-order valence-electron chi connectivity index (χ2n) is 24.4.